The molecule has 1 aliphatic heterocycles. The lowest BCUT2D eigenvalue weighted by Crippen LogP contribution is -2.32. The molecule has 0 aliphatic carbocycles. The molecule has 9 heteroatoms. The van der Waals surface area contributed by atoms with Gasteiger partial charge < -0.3 is 5.32 Å². The number of hydrogen-bond donors (Lipinski definition) is 2. The van der Waals surface area contributed by atoms with Crippen LogP contribution >= 0.6 is 23.8 Å². The van der Waals surface area contributed by atoms with Crippen molar-refractivity contribution in [2.45, 2.75) is 17.7 Å². The van der Waals surface area contributed by atoms with Crippen LogP contribution in [-0.2, 0) is 14.8 Å². The molecule has 0 spiro atoms. The summed E-state index contributed by atoms with van der Waals surface area (Å²) in [7, 11) is -3.46. The normalized spacial score (nSPS) is 14.8. The Morgan fingerprint density at radius 3 is 2.38 bits per heavy atom. The van der Waals surface area contributed by atoms with E-state index in [4.69, 9.17) is 23.8 Å². The molecule has 1 saturated heterocycles. The number of amides is 1. The van der Waals surface area contributed by atoms with E-state index in [1.54, 1.807) is 36.4 Å². The van der Waals surface area contributed by atoms with Crippen LogP contribution in [0.5, 0.6) is 0 Å². The van der Waals surface area contributed by atoms with Crippen LogP contribution in [0.15, 0.2) is 59.5 Å². The van der Waals surface area contributed by atoms with E-state index in [1.165, 1.54) is 22.5 Å². The monoisotopic (exact) mass is 449 g/mol. The lowest BCUT2D eigenvalue weighted by atomic mass is 10.2. The number of nitrogens with one attached hydrogen (secondary N) is 2. The number of carbonyl (C=O) groups is 1. The topological polar surface area (TPSA) is 78.5 Å². The molecule has 0 bridgehead atoms. The van der Waals surface area contributed by atoms with Crippen molar-refractivity contribution in [2.24, 2.45) is 0 Å². The van der Waals surface area contributed by atoms with Gasteiger partial charge in [-0.3, -0.25) is 10.1 Å². The summed E-state index contributed by atoms with van der Waals surface area (Å²) in [6.45, 7) is 1.11. The zero-order chi connectivity index (χ0) is 20.9. The molecular formula is C20H20ClN3O3S2. The molecule has 0 saturated carbocycles. The van der Waals surface area contributed by atoms with Crippen LogP contribution in [0.1, 0.15) is 18.4 Å². The van der Waals surface area contributed by atoms with Crippen LogP contribution in [-0.4, -0.2) is 36.8 Å². The molecular weight excluding hydrogens is 430 g/mol. The number of carbonyl (C=O) groups excluding carboxylic acids is 1. The Morgan fingerprint density at radius 1 is 1.07 bits per heavy atom. The lowest BCUT2D eigenvalue weighted by Gasteiger charge is -2.16. The van der Waals surface area contributed by atoms with E-state index in [2.05, 4.69) is 10.6 Å². The zero-order valence-corrected chi connectivity index (χ0v) is 17.9. The number of halogens is 1. The average molecular weight is 450 g/mol. The Kier molecular flexibility index (Phi) is 7.02. The molecule has 6 nitrogen and oxygen atoms in total. The first-order valence-corrected chi connectivity index (χ1v) is 11.2. The molecule has 3 rings (SSSR count). The third-order valence-corrected chi connectivity index (χ3v) is 6.83. The summed E-state index contributed by atoms with van der Waals surface area (Å²) in [5.74, 6) is -0.407. The quantitative estimate of drug-likeness (QED) is 0.538. The van der Waals surface area contributed by atoms with Gasteiger partial charge in [-0.05, 0) is 67.0 Å². The van der Waals surface area contributed by atoms with Gasteiger partial charge in [0.05, 0.1) is 4.90 Å². The maximum absolute atomic E-state index is 12.5. The number of rotatable bonds is 5. The Hall–Kier alpha value is -2.26. The van der Waals surface area contributed by atoms with Crippen molar-refractivity contribution in [3.8, 4) is 0 Å². The summed E-state index contributed by atoms with van der Waals surface area (Å²) in [6.07, 6.45) is 4.70. The smallest absolute Gasteiger partial charge is 0.250 e. The van der Waals surface area contributed by atoms with E-state index in [-0.39, 0.29) is 10.0 Å². The Balaban J connectivity index is 1.56. The second-order valence-corrected chi connectivity index (χ2v) is 9.19. The molecule has 1 aliphatic rings. The minimum atomic E-state index is -3.46. The summed E-state index contributed by atoms with van der Waals surface area (Å²) in [5.41, 5.74) is 1.30. The molecule has 0 unspecified atom stereocenters. The maximum Gasteiger partial charge on any atom is 0.250 e. The average Bonchev–Trinajstić information content (AvgIpc) is 3.23. The molecule has 29 heavy (non-hydrogen) atoms. The van der Waals surface area contributed by atoms with Gasteiger partial charge >= 0.3 is 0 Å². The fourth-order valence-electron chi connectivity index (χ4n) is 2.88. The van der Waals surface area contributed by atoms with Gasteiger partial charge in [0.15, 0.2) is 5.11 Å². The van der Waals surface area contributed by atoms with Crippen LogP contribution in [0, 0.1) is 0 Å². The predicted octanol–water partition coefficient (Wildman–Crippen LogP) is 3.65. The van der Waals surface area contributed by atoms with Crippen molar-refractivity contribution in [3.05, 3.63) is 65.2 Å². The molecule has 1 fully saturated rings. The maximum atomic E-state index is 12.5. The minimum Gasteiger partial charge on any atom is -0.332 e. The van der Waals surface area contributed by atoms with E-state index in [9.17, 15) is 13.2 Å². The van der Waals surface area contributed by atoms with Crippen molar-refractivity contribution in [3.63, 3.8) is 0 Å². The highest BCUT2D eigenvalue weighted by molar-refractivity contribution is 7.89. The van der Waals surface area contributed by atoms with Crippen molar-refractivity contribution >= 4 is 56.6 Å². The fraction of sp³-hybridized carbons (Fsp3) is 0.200. The summed E-state index contributed by atoms with van der Waals surface area (Å²) in [4.78, 5) is 12.2. The highest BCUT2D eigenvalue weighted by Crippen LogP contribution is 2.22. The van der Waals surface area contributed by atoms with Gasteiger partial charge in [0, 0.05) is 29.9 Å². The molecule has 2 aromatic carbocycles. The summed E-state index contributed by atoms with van der Waals surface area (Å²) in [6, 6.07) is 13.4. The first-order valence-electron chi connectivity index (χ1n) is 9.01. The number of benzene rings is 2. The second kappa shape index (κ2) is 9.49. The largest absolute Gasteiger partial charge is 0.332 e. The number of sulfonamides is 1. The van der Waals surface area contributed by atoms with Gasteiger partial charge in [-0.2, -0.15) is 4.31 Å². The summed E-state index contributed by atoms with van der Waals surface area (Å²) in [5, 5.41) is 6.04. The van der Waals surface area contributed by atoms with E-state index < -0.39 is 15.9 Å². The zero-order valence-electron chi connectivity index (χ0n) is 15.5. The Morgan fingerprint density at radius 2 is 1.72 bits per heavy atom. The van der Waals surface area contributed by atoms with Crippen LogP contribution in [0.25, 0.3) is 6.08 Å². The van der Waals surface area contributed by atoms with Gasteiger partial charge in [-0.1, -0.05) is 29.8 Å². The number of anilines is 1. The molecule has 0 radical (unpaired) electrons. The summed E-state index contributed by atoms with van der Waals surface area (Å²) < 4.78 is 26.6. The SMILES string of the molecule is O=C(/C=C/c1ccccc1Cl)NC(=S)Nc1ccc(S(=O)(=O)N2CCCC2)cc1. The molecule has 0 atom stereocenters. The van der Waals surface area contributed by atoms with Crippen LogP contribution in [0.4, 0.5) is 5.69 Å². The highest BCUT2D eigenvalue weighted by Gasteiger charge is 2.26. The van der Waals surface area contributed by atoms with Crippen molar-refractivity contribution in [2.75, 3.05) is 18.4 Å². The van der Waals surface area contributed by atoms with E-state index in [0.29, 0.717) is 23.8 Å². The third kappa shape index (κ3) is 5.63. The van der Waals surface area contributed by atoms with Crippen molar-refractivity contribution in [1.29, 1.82) is 0 Å². The highest BCUT2D eigenvalue weighted by atomic mass is 35.5. The molecule has 1 heterocycles. The third-order valence-electron chi connectivity index (χ3n) is 4.37. The second-order valence-electron chi connectivity index (χ2n) is 6.43. The molecule has 1 amide bonds. The van der Waals surface area contributed by atoms with Crippen LogP contribution < -0.4 is 10.6 Å². The molecule has 152 valence electrons. The number of hydrogen-bond acceptors (Lipinski definition) is 4. The van der Waals surface area contributed by atoms with E-state index in [0.717, 1.165) is 18.4 Å². The molecule has 0 aromatic heterocycles. The van der Waals surface area contributed by atoms with Gasteiger partial charge in [0.2, 0.25) is 15.9 Å². The molecule has 2 N–H and O–H groups in total. The first-order chi connectivity index (χ1) is 13.9. The van der Waals surface area contributed by atoms with Gasteiger partial charge in [0.25, 0.3) is 0 Å². The fourth-order valence-corrected chi connectivity index (χ4v) is 4.81. The summed E-state index contributed by atoms with van der Waals surface area (Å²) >= 11 is 11.2. The Bertz CT molecular complexity index is 1030. The van der Waals surface area contributed by atoms with Gasteiger partial charge in [-0.25, -0.2) is 8.42 Å². The van der Waals surface area contributed by atoms with E-state index >= 15 is 0 Å². The van der Waals surface area contributed by atoms with Gasteiger partial charge in [0.1, 0.15) is 0 Å². The standard InChI is InChI=1S/C20H20ClN3O3S2/c21-18-6-2-1-5-15(18)7-12-19(25)23-20(28)22-16-8-10-17(11-9-16)29(26,27)24-13-3-4-14-24/h1-2,5-12H,3-4,13-14H2,(H2,22,23,25,28)/b12-7+. The van der Waals surface area contributed by atoms with Crippen LogP contribution in [0.2, 0.25) is 5.02 Å². The number of nitrogens with zero attached hydrogens (tertiary/aromatic N) is 1. The first kappa shape index (κ1) is 21.4. The lowest BCUT2D eigenvalue weighted by molar-refractivity contribution is -0.115. The molecule has 2 aromatic rings. The van der Waals surface area contributed by atoms with E-state index in [1.807, 2.05) is 6.07 Å². The Labute approximate surface area is 180 Å². The van der Waals surface area contributed by atoms with Gasteiger partial charge in [-0.15, -0.1) is 0 Å². The van der Waals surface area contributed by atoms with Crippen LogP contribution in [0.3, 0.4) is 0 Å². The van der Waals surface area contributed by atoms with Crippen molar-refractivity contribution < 1.29 is 13.2 Å². The predicted molar refractivity (Wildman–Crippen MR) is 119 cm³/mol. The number of thiocarbonyl (C=S) groups is 1. The van der Waals surface area contributed by atoms with Crippen molar-refractivity contribution in [1.82, 2.24) is 9.62 Å². The minimum absolute atomic E-state index is 0.106.